The number of nitrogens with one attached hydrogen (secondary N) is 1. The zero-order valence-electron chi connectivity index (χ0n) is 13.4. The fraction of sp³-hybridized carbons (Fsp3) is 0.500. The second-order valence-corrected chi connectivity index (χ2v) is 6.14. The van der Waals surface area contributed by atoms with Crippen molar-refractivity contribution in [3.8, 4) is 0 Å². The van der Waals surface area contributed by atoms with E-state index in [9.17, 15) is 13.2 Å². The minimum Gasteiger partial charge on any atom is -0.338 e. The first-order valence-corrected chi connectivity index (χ1v) is 7.85. The number of aromatic nitrogens is 2. The highest BCUT2D eigenvalue weighted by molar-refractivity contribution is 5.85. The molecule has 3 rings (SSSR count). The van der Waals surface area contributed by atoms with Gasteiger partial charge in [-0.25, -0.2) is 0 Å². The summed E-state index contributed by atoms with van der Waals surface area (Å²) in [4.78, 5) is 4.18. The quantitative estimate of drug-likeness (QED) is 0.833. The Morgan fingerprint density at radius 1 is 1.20 bits per heavy atom. The minimum absolute atomic E-state index is 0. The van der Waals surface area contributed by atoms with Crippen LogP contribution in [0.15, 0.2) is 34.9 Å². The molecule has 1 atom stereocenters. The van der Waals surface area contributed by atoms with Crippen molar-refractivity contribution in [2.45, 2.75) is 50.0 Å². The monoisotopic (exact) mass is 376 g/mol. The second kappa shape index (κ2) is 7.72. The number of nitrogens with two attached hydrogens (primary N) is 1. The summed E-state index contributed by atoms with van der Waals surface area (Å²) in [6, 6.07) is 5.86. The highest BCUT2D eigenvalue weighted by Crippen LogP contribution is 2.35. The van der Waals surface area contributed by atoms with Crippen LogP contribution in [-0.4, -0.2) is 16.3 Å². The molecule has 2 aromatic rings. The number of benzene rings is 1. The maximum atomic E-state index is 13.3. The Morgan fingerprint density at radius 2 is 1.84 bits per heavy atom. The fourth-order valence-electron chi connectivity index (χ4n) is 3.02. The molecule has 5 nitrogen and oxygen atoms in total. The van der Waals surface area contributed by atoms with Gasteiger partial charge in [-0.3, -0.25) is 5.32 Å². The van der Waals surface area contributed by atoms with E-state index in [4.69, 9.17) is 10.3 Å². The van der Waals surface area contributed by atoms with E-state index in [1.54, 1.807) is 18.2 Å². The van der Waals surface area contributed by atoms with E-state index in [1.165, 1.54) is 12.1 Å². The maximum absolute atomic E-state index is 13.3. The Bertz CT molecular complexity index is 672. The molecule has 3 N–H and O–H groups in total. The predicted octanol–water partition coefficient (Wildman–Crippen LogP) is 3.61. The SMILES string of the molecule is Cl.NC1(c2noc(CNC(c3ccccc3)C(F)(F)F)n2)CCCC1. The van der Waals surface area contributed by atoms with Crippen LogP contribution in [0, 0.1) is 0 Å². The first-order chi connectivity index (χ1) is 11.4. The summed E-state index contributed by atoms with van der Waals surface area (Å²) in [5.41, 5.74) is 5.74. The lowest BCUT2D eigenvalue weighted by Crippen LogP contribution is -2.35. The van der Waals surface area contributed by atoms with Gasteiger partial charge in [0.1, 0.15) is 6.04 Å². The first kappa shape index (κ1) is 19.7. The second-order valence-electron chi connectivity index (χ2n) is 6.14. The largest absolute Gasteiger partial charge is 0.407 e. The average Bonchev–Trinajstić information content (AvgIpc) is 3.17. The number of halogens is 4. The van der Waals surface area contributed by atoms with Crippen LogP contribution in [-0.2, 0) is 12.1 Å². The Hall–Kier alpha value is -1.64. The molecule has 0 spiro atoms. The molecule has 9 heteroatoms. The van der Waals surface area contributed by atoms with Crippen LogP contribution in [0.5, 0.6) is 0 Å². The normalized spacial score (nSPS) is 17.9. The number of nitrogens with zero attached hydrogens (tertiary/aromatic N) is 2. The Morgan fingerprint density at radius 3 is 2.44 bits per heavy atom. The van der Waals surface area contributed by atoms with Crippen molar-refractivity contribution in [2.75, 3.05) is 0 Å². The molecule has 1 fully saturated rings. The van der Waals surface area contributed by atoms with Crippen LogP contribution in [0.2, 0.25) is 0 Å². The summed E-state index contributed by atoms with van der Waals surface area (Å²) in [5.74, 6) is 0.479. The highest BCUT2D eigenvalue weighted by atomic mass is 35.5. The minimum atomic E-state index is -4.43. The van der Waals surface area contributed by atoms with E-state index < -0.39 is 17.8 Å². The summed E-state index contributed by atoms with van der Waals surface area (Å²) < 4.78 is 44.9. The van der Waals surface area contributed by atoms with Crippen LogP contribution < -0.4 is 11.1 Å². The van der Waals surface area contributed by atoms with Crippen molar-refractivity contribution in [2.24, 2.45) is 5.73 Å². The molecule has 0 amide bonds. The fourth-order valence-corrected chi connectivity index (χ4v) is 3.02. The number of rotatable bonds is 5. The third-order valence-electron chi connectivity index (χ3n) is 4.33. The van der Waals surface area contributed by atoms with Crippen LogP contribution >= 0.6 is 12.4 Å². The molecule has 1 aliphatic carbocycles. The Balaban J connectivity index is 0.00000225. The zero-order chi connectivity index (χ0) is 17.2. The highest BCUT2D eigenvalue weighted by Gasteiger charge is 2.41. The van der Waals surface area contributed by atoms with E-state index in [1.807, 2.05) is 0 Å². The third kappa shape index (κ3) is 4.50. The molecule has 0 radical (unpaired) electrons. The standard InChI is InChI=1S/C16H19F3N4O.ClH/c17-16(18,19)13(11-6-2-1-3-7-11)21-10-12-22-14(23-24-12)15(20)8-4-5-9-15;/h1-3,6-7,13,21H,4-5,8-10,20H2;1H. The van der Waals surface area contributed by atoms with E-state index >= 15 is 0 Å². The topological polar surface area (TPSA) is 77.0 Å². The van der Waals surface area contributed by atoms with Gasteiger partial charge in [0.05, 0.1) is 12.1 Å². The van der Waals surface area contributed by atoms with Crippen LogP contribution in [0.4, 0.5) is 13.2 Å². The van der Waals surface area contributed by atoms with Gasteiger partial charge in [0.2, 0.25) is 5.89 Å². The summed E-state index contributed by atoms with van der Waals surface area (Å²) in [6.45, 7) is -0.178. The van der Waals surface area contributed by atoms with Gasteiger partial charge in [-0.1, -0.05) is 48.3 Å². The third-order valence-corrected chi connectivity index (χ3v) is 4.33. The van der Waals surface area contributed by atoms with Crippen LogP contribution in [0.1, 0.15) is 49.0 Å². The Labute approximate surface area is 149 Å². The van der Waals surface area contributed by atoms with Crippen molar-refractivity contribution in [3.05, 3.63) is 47.6 Å². The molecular formula is C16H20ClF3N4O. The van der Waals surface area contributed by atoms with Gasteiger partial charge < -0.3 is 10.3 Å². The van der Waals surface area contributed by atoms with Crippen LogP contribution in [0.25, 0.3) is 0 Å². The molecule has 1 aliphatic rings. The first-order valence-electron chi connectivity index (χ1n) is 7.85. The molecular weight excluding hydrogens is 357 g/mol. The van der Waals surface area contributed by atoms with Gasteiger partial charge in [0.15, 0.2) is 5.82 Å². The predicted molar refractivity (Wildman–Crippen MR) is 88.0 cm³/mol. The van der Waals surface area contributed by atoms with Gasteiger partial charge in [-0.05, 0) is 18.4 Å². The molecule has 138 valence electrons. The lowest BCUT2D eigenvalue weighted by molar-refractivity contribution is -0.158. The van der Waals surface area contributed by atoms with E-state index in [-0.39, 0.29) is 30.4 Å². The number of hydrogen-bond acceptors (Lipinski definition) is 5. The van der Waals surface area contributed by atoms with Gasteiger partial charge in [0, 0.05) is 0 Å². The molecule has 1 unspecified atom stereocenters. The van der Waals surface area contributed by atoms with E-state index in [2.05, 4.69) is 15.5 Å². The van der Waals surface area contributed by atoms with Gasteiger partial charge in [-0.2, -0.15) is 18.2 Å². The zero-order valence-corrected chi connectivity index (χ0v) is 14.2. The van der Waals surface area contributed by atoms with Gasteiger partial charge >= 0.3 is 6.18 Å². The number of alkyl halides is 3. The van der Waals surface area contributed by atoms with E-state index in [0.29, 0.717) is 5.82 Å². The van der Waals surface area contributed by atoms with Crippen molar-refractivity contribution >= 4 is 12.4 Å². The summed E-state index contributed by atoms with van der Waals surface area (Å²) in [5, 5.41) is 6.30. The van der Waals surface area contributed by atoms with Crippen molar-refractivity contribution in [1.82, 2.24) is 15.5 Å². The molecule has 1 aromatic heterocycles. The van der Waals surface area contributed by atoms with Crippen molar-refractivity contribution in [1.29, 1.82) is 0 Å². The van der Waals surface area contributed by atoms with Crippen molar-refractivity contribution < 1.29 is 17.7 Å². The molecule has 1 saturated carbocycles. The average molecular weight is 377 g/mol. The summed E-state index contributed by atoms with van der Waals surface area (Å²) in [7, 11) is 0. The lowest BCUT2D eigenvalue weighted by atomic mass is 9.99. The Kier molecular flexibility index (Phi) is 6.08. The lowest BCUT2D eigenvalue weighted by Gasteiger charge is -2.21. The summed E-state index contributed by atoms with van der Waals surface area (Å²) in [6.07, 6.45) is -0.931. The number of hydrogen-bond donors (Lipinski definition) is 2. The summed E-state index contributed by atoms with van der Waals surface area (Å²) >= 11 is 0. The molecule has 1 heterocycles. The van der Waals surface area contributed by atoms with Crippen molar-refractivity contribution in [3.63, 3.8) is 0 Å². The van der Waals surface area contributed by atoms with Crippen LogP contribution in [0.3, 0.4) is 0 Å². The smallest absolute Gasteiger partial charge is 0.338 e. The van der Waals surface area contributed by atoms with Gasteiger partial charge in [-0.15, -0.1) is 12.4 Å². The van der Waals surface area contributed by atoms with E-state index in [0.717, 1.165) is 25.7 Å². The molecule has 0 aliphatic heterocycles. The molecule has 1 aromatic carbocycles. The van der Waals surface area contributed by atoms with Gasteiger partial charge in [0.25, 0.3) is 0 Å². The molecule has 25 heavy (non-hydrogen) atoms. The molecule has 0 saturated heterocycles. The maximum Gasteiger partial charge on any atom is 0.407 e. The molecule has 0 bridgehead atoms.